The highest BCUT2D eigenvalue weighted by molar-refractivity contribution is 6.74. The number of methoxy groups -OCH3 is 1. The number of Topliss-reactive ketones (excluding diaryl/α,β-unsaturated/α-hetero) is 2. The molecule has 3 N–H and O–H groups in total. The lowest BCUT2D eigenvalue weighted by Gasteiger charge is -2.53. The van der Waals surface area contributed by atoms with Crippen LogP contribution in [0.2, 0.25) is 18.1 Å². The van der Waals surface area contributed by atoms with Crippen LogP contribution in [-0.2, 0) is 22.7 Å². The van der Waals surface area contributed by atoms with E-state index in [9.17, 15) is 15.3 Å². The van der Waals surface area contributed by atoms with E-state index in [1.807, 2.05) is 40.8 Å². The molecule has 12 heteroatoms. The molecule has 4 aliphatic rings. The molecule has 0 aliphatic heterocycles. The van der Waals surface area contributed by atoms with Crippen LogP contribution in [0.25, 0.3) is 10.8 Å². The van der Waals surface area contributed by atoms with Gasteiger partial charge in [-0.25, -0.2) is 0 Å². The molecule has 0 radical (unpaired) electrons. The van der Waals surface area contributed by atoms with Gasteiger partial charge in [0.2, 0.25) is 5.78 Å². The third kappa shape index (κ3) is 5.27. The first kappa shape index (κ1) is 40.5. The van der Waals surface area contributed by atoms with E-state index in [2.05, 4.69) is 38.9 Å². The van der Waals surface area contributed by atoms with Gasteiger partial charge in [0.25, 0.3) is 5.88 Å². The molecule has 2 aromatic carbocycles. The Morgan fingerprint density at radius 3 is 2.23 bits per heavy atom. The van der Waals surface area contributed by atoms with Gasteiger partial charge in [0.1, 0.15) is 29.1 Å². The minimum absolute atomic E-state index is 0.0344. The van der Waals surface area contributed by atoms with Crippen molar-refractivity contribution in [3.63, 3.8) is 0 Å². The van der Waals surface area contributed by atoms with Crippen LogP contribution in [-0.4, -0.2) is 71.9 Å². The summed E-state index contributed by atoms with van der Waals surface area (Å²) in [5.41, 5.74) is -4.57. The highest BCUT2D eigenvalue weighted by Gasteiger charge is 2.73. The normalized spacial score (nSPS) is 26.6. The predicted molar refractivity (Wildman–Crippen MR) is 215 cm³/mol. The molecule has 1 heterocycles. The maximum Gasteiger partial charge on any atom is 0.260 e. The molecule has 0 saturated heterocycles. The molecule has 56 heavy (non-hydrogen) atoms. The molecule has 1 aromatic heterocycles. The number of hydrogen-bond acceptors (Lipinski definition) is 11. The summed E-state index contributed by atoms with van der Waals surface area (Å²) in [5.74, 6) is -1.41. The van der Waals surface area contributed by atoms with Gasteiger partial charge in [-0.15, -0.1) is 0 Å². The summed E-state index contributed by atoms with van der Waals surface area (Å²) in [7, 11) is -1.31. The van der Waals surface area contributed by atoms with E-state index in [1.54, 1.807) is 13.2 Å². The number of aliphatic hydroxyl groups is 2. The number of allylic oxidation sites excluding steroid dienone is 2. The quantitative estimate of drug-likeness (QED) is 0.0971. The summed E-state index contributed by atoms with van der Waals surface area (Å²) in [6.07, 6.45) is 5.20. The van der Waals surface area contributed by atoms with E-state index >= 15 is 9.59 Å². The highest BCUT2D eigenvalue weighted by atomic mass is 28.4. The van der Waals surface area contributed by atoms with Crippen molar-refractivity contribution < 1.29 is 48.1 Å². The molecule has 4 atom stereocenters. The van der Waals surface area contributed by atoms with Crippen molar-refractivity contribution in [3.05, 3.63) is 51.3 Å². The van der Waals surface area contributed by atoms with E-state index in [0.717, 1.165) is 43.2 Å². The molecule has 3 aromatic rings. The van der Waals surface area contributed by atoms with Gasteiger partial charge >= 0.3 is 0 Å². The predicted octanol–water partition coefficient (Wildman–Crippen LogP) is 8.62. The van der Waals surface area contributed by atoms with Crippen molar-refractivity contribution in [2.24, 2.45) is 5.41 Å². The van der Waals surface area contributed by atoms with Gasteiger partial charge < -0.3 is 38.5 Å². The number of phenolic OH excluding ortho intramolecular Hbond substituents is 1. The van der Waals surface area contributed by atoms with Crippen molar-refractivity contribution in [2.75, 3.05) is 20.3 Å². The molecule has 4 aliphatic carbocycles. The summed E-state index contributed by atoms with van der Waals surface area (Å²) in [6, 6.07) is 1.78. The van der Waals surface area contributed by atoms with Crippen molar-refractivity contribution >= 4 is 30.7 Å². The largest absolute Gasteiger partial charge is 0.506 e. The summed E-state index contributed by atoms with van der Waals surface area (Å²) >= 11 is 0. The third-order valence-corrected chi connectivity index (χ3v) is 18.5. The van der Waals surface area contributed by atoms with E-state index in [4.69, 9.17) is 23.2 Å². The average molecular weight is 790 g/mol. The zero-order valence-corrected chi connectivity index (χ0v) is 35.9. The number of nitrogens with zero attached hydrogens (tertiary/aromatic N) is 1. The standard InChI is InChI=1S/C44H59NO10Si/c1-12-14-19-52-26-21-27(51-9)34-29-25(22-42(34)24(3)17-16-18-41(42,7)8)30-33(35(46)31(26)29)37(48)44(50)38(55-56(10,11)40(4,5)6)32-28(23-43(44,49)36(30)47)54-45-39(32)53-20-15-13-2/h17,21,38,46,49-50H,12-16,18-20,22-23H2,1-11H3/t38-,42+,43+,44+/m0/s1. The van der Waals surface area contributed by atoms with Gasteiger partial charge in [-0.3, -0.25) is 9.59 Å². The fourth-order valence-corrected chi connectivity index (χ4v) is 10.9. The van der Waals surface area contributed by atoms with Crippen LogP contribution in [0, 0.1) is 5.41 Å². The van der Waals surface area contributed by atoms with Crippen LogP contribution >= 0.6 is 0 Å². The first-order valence-corrected chi connectivity index (χ1v) is 23.2. The Labute approximate surface area is 330 Å². The topological polar surface area (TPSA) is 158 Å². The van der Waals surface area contributed by atoms with Gasteiger partial charge in [-0.05, 0) is 73.3 Å². The van der Waals surface area contributed by atoms with Gasteiger partial charge in [-0.2, -0.15) is 0 Å². The number of benzene rings is 2. The van der Waals surface area contributed by atoms with Gasteiger partial charge in [0.15, 0.2) is 25.3 Å². The second kappa shape index (κ2) is 13.4. The smallest absolute Gasteiger partial charge is 0.260 e. The minimum atomic E-state index is -2.91. The monoisotopic (exact) mass is 789 g/mol. The van der Waals surface area contributed by atoms with Gasteiger partial charge in [0, 0.05) is 34.4 Å². The third-order valence-electron chi connectivity index (χ3n) is 14.1. The number of aromatic nitrogens is 1. The number of carbonyl (C=O) groups is 2. The number of phenols is 1. The number of hydrogen-bond donors (Lipinski definition) is 3. The highest BCUT2D eigenvalue weighted by Crippen LogP contribution is 2.66. The number of carbonyl (C=O) groups excluding carboxylic acids is 2. The number of aromatic hydroxyl groups is 1. The van der Waals surface area contributed by atoms with Crippen molar-refractivity contribution in [1.29, 1.82) is 0 Å². The molecular formula is C44H59NO10Si. The lowest BCUT2D eigenvalue weighted by atomic mass is 9.54. The minimum Gasteiger partial charge on any atom is -0.506 e. The van der Waals surface area contributed by atoms with E-state index < -0.39 is 59.8 Å². The SMILES string of the molecule is CCCCOc1noc2c1[C@H](O[Si](C)(C)C(C)(C)C)[C@]1(O)C(=O)c3c(c4c5c(c(OC)cc(OCCCC)c5c3O)[C@@]3(C4)C(C)=CCCC3(C)C)C(=O)[C@]1(O)C2. The second-order valence-electron chi connectivity index (χ2n) is 18.6. The fraction of sp³-hybridized carbons (Fsp3) is 0.614. The van der Waals surface area contributed by atoms with Crippen molar-refractivity contribution in [2.45, 2.75) is 148 Å². The van der Waals surface area contributed by atoms with Crippen molar-refractivity contribution in [1.82, 2.24) is 5.16 Å². The molecule has 0 unspecified atom stereocenters. The Balaban J connectivity index is 1.56. The molecular weight excluding hydrogens is 731 g/mol. The van der Waals surface area contributed by atoms with E-state index in [-0.39, 0.29) is 45.7 Å². The van der Waals surface area contributed by atoms with Crippen molar-refractivity contribution in [3.8, 4) is 23.1 Å². The number of ether oxygens (including phenoxy) is 3. The Kier molecular flexibility index (Phi) is 9.71. The lowest BCUT2D eigenvalue weighted by molar-refractivity contribution is -0.161. The first-order chi connectivity index (χ1) is 26.2. The van der Waals surface area contributed by atoms with Crippen LogP contribution in [0.4, 0.5) is 0 Å². The molecule has 304 valence electrons. The van der Waals surface area contributed by atoms with E-state index in [0.29, 0.717) is 41.9 Å². The average Bonchev–Trinajstić information content (AvgIpc) is 3.69. The van der Waals surface area contributed by atoms with Crippen LogP contribution in [0.15, 0.2) is 22.2 Å². The summed E-state index contributed by atoms with van der Waals surface area (Å²) in [6.45, 7) is 21.1. The first-order valence-electron chi connectivity index (χ1n) is 20.3. The van der Waals surface area contributed by atoms with Gasteiger partial charge in [0.05, 0.1) is 36.8 Å². The number of unbranched alkanes of at least 4 members (excludes halogenated alkanes) is 2. The Morgan fingerprint density at radius 2 is 1.62 bits per heavy atom. The fourth-order valence-electron chi connectivity index (χ4n) is 9.69. The van der Waals surface area contributed by atoms with Gasteiger partial charge in [-0.1, -0.05) is 73.0 Å². The Morgan fingerprint density at radius 1 is 0.964 bits per heavy atom. The zero-order valence-electron chi connectivity index (χ0n) is 34.9. The summed E-state index contributed by atoms with van der Waals surface area (Å²) in [5, 5.41) is 43.5. The van der Waals surface area contributed by atoms with Crippen LogP contribution in [0.5, 0.6) is 23.1 Å². The zero-order chi connectivity index (χ0) is 41.0. The van der Waals surface area contributed by atoms with Crippen LogP contribution < -0.4 is 14.2 Å². The van der Waals surface area contributed by atoms with Crippen LogP contribution in [0.3, 0.4) is 0 Å². The van der Waals surface area contributed by atoms with E-state index in [1.165, 1.54) is 0 Å². The number of fused-ring (bicyclic) bond motifs is 5. The maximum absolute atomic E-state index is 15.6. The summed E-state index contributed by atoms with van der Waals surface area (Å²) in [4.78, 5) is 31.2. The second-order valence-corrected chi connectivity index (χ2v) is 23.4. The lowest BCUT2D eigenvalue weighted by Crippen LogP contribution is -2.73. The number of ketones is 2. The Bertz CT molecular complexity index is 2160. The molecule has 0 bridgehead atoms. The molecule has 0 fully saturated rings. The Hall–Kier alpha value is -3.71. The molecule has 0 amide bonds. The maximum atomic E-state index is 15.6. The molecule has 1 spiro atoms. The molecule has 7 rings (SSSR count). The summed E-state index contributed by atoms with van der Waals surface area (Å²) < 4.78 is 31.3. The number of rotatable bonds is 11. The molecule has 0 saturated carbocycles. The molecule has 11 nitrogen and oxygen atoms in total. The van der Waals surface area contributed by atoms with Crippen LogP contribution in [0.1, 0.15) is 143 Å².